The van der Waals surface area contributed by atoms with Gasteiger partial charge in [-0.1, -0.05) is 43.7 Å². The van der Waals surface area contributed by atoms with Gasteiger partial charge in [-0.25, -0.2) is 0 Å². The van der Waals surface area contributed by atoms with Gasteiger partial charge in [-0.15, -0.1) is 0 Å². The molecule has 0 spiro atoms. The van der Waals surface area contributed by atoms with Crippen molar-refractivity contribution in [1.29, 1.82) is 0 Å². The quantitative estimate of drug-likeness (QED) is 0.647. The van der Waals surface area contributed by atoms with E-state index in [0.29, 0.717) is 17.8 Å². The molecule has 4 aliphatic carbocycles. The molecule has 0 heterocycles. The van der Waals surface area contributed by atoms with Crippen molar-refractivity contribution in [2.24, 2.45) is 28.6 Å². The molecule has 0 radical (unpaired) electrons. The van der Waals surface area contributed by atoms with Crippen molar-refractivity contribution in [2.45, 2.75) is 71.0 Å². The van der Waals surface area contributed by atoms with E-state index in [-0.39, 0.29) is 23.0 Å². The lowest BCUT2D eigenvalue weighted by Gasteiger charge is -2.57. The maximum absolute atomic E-state index is 11.4. The van der Waals surface area contributed by atoms with Crippen LogP contribution in [-0.4, -0.2) is 29.5 Å². The van der Waals surface area contributed by atoms with Crippen LogP contribution < -0.4 is 4.74 Å². The van der Waals surface area contributed by atoms with Crippen LogP contribution in [0.4, 0.5) is 0 Å². The second-order valence-corrected chi connectivity index (χ2v) is 10.8. The molecule has 162 valence electrons. The van der Waals surface area contributed by atoms with Gasteiger partial charge < -0.3 is 14.9 Å². The number of aliphatic hydroxyl groups excluding tert-OH is 2. The van der Waals surface area contributed by atoms with E-state index in [1.54, 1.807) is 7.11 Å². The molecule has 7 atom stereocenters. The van der Waals surface area contributed by atoms with Crippen LogP contribution in [0.1, 0.15) is 64.4 Å². The number of benzene rings is 1. The minimum Gasteiger partial charge on any atom is -0.497 e. The first kappa shape index (κ1) is 20.3. The van der Waals surface area contributed by atoms with Gasteiger partial charge in [0.25, 0.3) is 0 Å². The summed E-state index contributed by atoms with van der Waals surface area (Å²) in [6.45, 7) is 4.79. The summed E-state index contributed by atoms with van der Waals surface area (Å²) < 4.78 is 5.28. The SMILES string of the molecule is COc1ccc(/C=C2\C[C@@H]3[C@H]4CC=C5C[C@H](O)CC[C@]5(C)[C@@H]4CC[C@]3(C)[C@H]2O)cc1. The van der Waals surface area contributed by atoms with Crippen LogP contribution in [0.2, 0.25) is 0 Å². The van der Waals surface area contributed by atoms with Crippen molar-refractivity contribution in [3.8, 4) is 5.75 Å². The van der Waals surface area contributed by atoms with Crippen molar-refractivity contribution >= 4 is 6.08 Å². The molecule has 3 heteroatoms. The molecule has 2 N–H and O–H groups in total. The summed E-state index contributed by atoms with van der Waals surface area (Å²) in [5.74, 6) is 2.74. The molecule has 3 saturated carbocycles. The van der Waals surface area contributed by atoms with E-state index >= 15 is 0 Å². The number of aliphatic hydroxyl groups is 2. The van der Waals surface area contributed by atoms with Crippen LogP contribution in [0.3, 0.4) is 0 Å². The largest absolute Gasteiger partial charge is 0.497 e. The maximum atomic E-state index is 11.4. The molecule has 1 aromatic carbocycles. The molecule has 0 aromatic heterocycles. The average Bonchev–Trinajstić information content (AvgIpc) is 3.00. The molecule has 0 aliphatic heterocycles. The summed E-state index contributed by atoms with van der Waals surface area (Å²) in [6.07, 6.45) is 11.5. The Hall–Kier alpha value is -1.58. The first-order chi connectivity index (χ1) is 14.3. The Morgan fingerprint density at radius 2 is 1.77 bits per heavy atom. The monoisotopic (exact) mass is 408 g/mol. The topological polar surface area (TPSA) is 49.7 Å². The molecule has 0 unspecified atom stereocenters. The van der Waals surface area contributed by atoms with Crippen molar-refractivity contribution in [3.63, 3.8) is 0 Å². The highest BCUT2D eigenvalue weighted by Gasteiger charge is 2.59. The smallest absolute Gasteiger partial charge is 0.118 e. The molecular formula is C27H36O3. The average molecular weight is 409 g/mol. The third-order valence-electron chi connectivity index (χ3n) is 9.41. The van der Waals surface area contributed by atoms with Gasteiger partial charge >= 0.3 is 0 Å². The fraction of sp³-hybridized carbons (Fsp3) is 0.630. The van der Waals surface area contributed by atoms with Gasteiger partial charge in [0.05, 0.1) is 19.3 Å². The predicted molar refractivity (Wildman–Crippen MR) is 120 cm³/mol. The molecule has 30 heavy (non-hydrogen) atoms. The molecule has 3 fully saturated rings. The lowest BCUT2D eigenvalue weighted by Crippen LogP contribution is -2.51. The van der Waals surface area contributed by atoms with Crippen LogP contribution in [0.15, 0.2) is 41.5 Å². The summed E-state index contributed by atoms with van der Waals surface area (Å²) in [4.78, 5) is 0. The van der Waals surface area contributed by atoms with Gasteiger partial charge in [-0.05, 0) is 91.4 Å². The summed E-state index contributed by atoms with van der Waals surface area (Å²) in [6, 6.07) is 8.14. The van der Waals surface area contributed by atoms with Gasteiger partial charge in [-0.2, -0.15) is 0 Å². The van der Waals surface area contributed by atoms with Crippen LogP contribution in [0.25, 0.3) is 6.08 Å². The molecule has 3 nitrogen and oxygen atoms in total. The lowest BCUT2D eigenvalue weighted by atomic mass is 9.48. The minimum atomic E-state index is -0.350. The zero-order valence-electron chi connectivity index (χ0n) is 18.6. The predicted octanol–water partition coefficient (Wildman–Crippen LogP) is 5.37. The van der Waals surface area contributed by atoms with E-state index in [9.17, 15) is 10.2 Å². The Labute approximate surface area is 180 Å². The molecular weight excluding hydrogens is 372 g/mol. The summed E-state index contributed by atoms with van der Waals surface area (Å²) in [7, 11) is 1.69. The first-order valence-electron chi connectivity index (χ1n) is 11.8. The number of rotatable bonds is 2. The highest BCUT2D eigenvalue weighted by Crippen LogP contribution is 2.65. The summed E-state index contributed by atoms with van der Waals surface area (Å²) >= 11 is 0. The number of hydrogen-bond acceptors (Lipinski definition) is 3. The highest BCUT2D eigenvalue weighted by atomic mass is 16.5. The second-order valence-electron chi connectivity index (χ2n) is 10.8. The summed E-state index contributed by atoms with van der Waals surface area (Å²) in [5.41, 5.74) is 4.08. The van der Waals surface area contributed by atoms with Crippen LogP contribution in [-0.2, 0) is 0 Å². The third-order valence-corrected chi connectivity index (χ3v) is 9.41. The molecule has 0 bridgehead atoms. The second kappa shape index (κ2) is 7.24. The van der Waals surface area contributed by atoms with Gasteiger partial charge in [-0.3, -0.25) is 0 Å². The maximum Gasteiger partial charge on any atom is 0.118 e. The first-order valence-corrected chi connectivity index (χ1v) is 11.8. The van der Waals surface area contributed by atoms with E-state index in [1.807, 2.05) is 12.1 Å². The lowest BCUT2D eigenvalue weighted by molar-refractivity contribution is -0.0685. The molecule has 4 aliphatic rings. The number of ether oxygens (including phenoxy) is 1. The third kappa shape index (κ3) is 3.00. The van der Waals surface area contributed by atoms with Gasteiger partial charge in [0.2, 0.25) is 0 Å². The summed E-state index contributed by atoms with van der Waals surface area (Å²) in [5, 5.41) is 21.6. The fourth-order valence-corrected chi connectivity index (χ4v) is 7.55. The van der Waals surface area contributed by atoms with Crippen molar-refractivity contribution in [1.82, 2.24) is 0 Å². The molecule has 5 rings (SSSR count). The van der Waals surface area contributed by atoms with Crippen LogP contribution in [0.5, 0.6) is 5.75 Å². The number of methoxy groups -OCH3 is 1. The van der Waals surface area contributed by atoms with E-state index in [1.165, 1.54) is 17.6 Å². The standard InChI is InChI=1S/C27H36O3/c1-26-12-10-20(28)16-19(26)6-9-22-23(26)11-13-27(2)24(22)15-18(25(27)29)14-17-4-7-21(30-3)8-5-17/h4-8,14,20,22-25,28-29H,9-13,15-16H2,1-3H3/b18-14+/t20-,22+,23-,24-,25+,26+,27+/m1/s1. The van der Waals surface area contributed by atoms with Gasteiger partial charge in [0.1, 0.15) is 5.75 Å². The zero-order valence-corrected chi connectivity index (χ0v) is 18.6. The van der Waals surface area contributed by atoms with Crippen LogP contribution >= 0.6 is 0 Å². The van der Waals surface area contributed by atoms with E-state index in [4.69, 9.17) is 4.74 Å². The molecule has 1 aromatic rings. The van der Waals surface area contributed by atoms with Crippen molar-refractivity contribution < 1.29 is 14.9 Å². The normalized spacial score (nSPS) is 44.1. The Balaban J connectivity index is 1.44. The molecule has 0 amide bonds. The van der Waals surface area contributed by atoms with Gasteiger partial charge in [0, 0.05) is 5.41 Å². The molecule has 0 saturated heterocycles. The Kier molecular flexibility index (Phi) is 4.91. The van der Waals surface area contributed by atoms with Crippen molar-refractivity contribution in [2.75, 3.05) is 7.11 Å². The van der Waals surface area contributed by atoms with E-state index in [2.05, 4.69) is 38.1 Å². The number of fused-ring (bicyclic) bond motifs is 5. The number of allylic oxidation sites excluding steroid dienone is 1. The van der Waals surface area contributed by atoms with Crippen molar-refractivity contribution in [3.05, 3.63) is 47.1 Å². The minimum absolute atomic E-state index is 0.0185. The Morgan fingerprint density at radius 3 is 2.50 bits per heavy atom. The fourth-order valence-electron chi connectivity index (χ4n) is 7.55. The zero-order chi connectivity index (χ0) is 21.1. The van der Waals surface area contributed by atoms with E-state index in [0.717, 1.165) is 49.8 Å². The Morgan fingerprint density at radius 1 is 1.00 bits per heavy atom. The van der Waals surface area contributed by atoms with Gasteiger partial charge in [0.15, 0.2) is 0 Å². The highest BCUT2D eigenvalue weighted by molar-refractivity contribution is 5.56. The number of hydrogen-bond donors (Lipinski definition) is 2. The van der Waals surface area contributed by atoms with Crippen LogP contribution in [0, 0.1) is 28.6 Å². The van der Waals surface area contributed by atoms with E-state index < -0.39 is 0 Å². The Bertz CT molecular complexity index is 869.